The van der Waals surface area contributed by atoms with Gasteiger partial charge in [0.15, 0.2) is 5.13 Å². The molecule has 1 aliphatic carbocycles. The van der Waals surface area contributed by atoms with Gasteiger partial charge in [0, 0.05) is 23.7 Å². The number of anilines is 1. The summed E-state index contributed by atoms with van der Waals surface area (Å²) in [6, 6.07) is 1.25. The molecule has 0 radical (unpaired) electrons. The molecule has 78 valence electrons. The van der Waals surface area contributed by atoms with E-state index in [9.17, 15) is 0 Å². The molecule has 2 atom stereocenters. The zero-order valence-electron chi connectivity index (χ0n) is 8.73. The molecule has 1 aromatic heterocycles. The molecule has 0 spiro atoms. The molecule has 0 saturated heterocycles. The SMILES string of the molecule is CN(C)[C@H]1CCC[C@@H]1Nc1nccs1. The Morgan fingerprint density at radius 2 is 2.36 bits per heavy atom. The first-order chi connectivity index (χ1) is 6.77. The average molecular weight is 211 g/mol. The maximum absolute atomic E-state index is 4.26. The molecule has 1 aliphatic rings. The molecule has 0 bridgehead atoms. The summed E-state index contributed by atoms with van der Waals surface area (Å²) in [6.07, 6.45) is 5.75. The van der Waals surface area contributed by atoms with Gasteiger partial charge in [0.2, 0.25) is 0 Å². The molecule has 0 unspecified atom stereocenters. The zero-order valence-corrected chi connectivity index (χ0v) is 9.55. The minimum Gasteiger partial charge on any atom is -0.357 e. The van der Waals surface area contributed by atoms with Crippen molar-refractivity contribution in [2.75, 3.05) is 19.4 Å². The summed E-state index contributed by atoms with van der Waals surface area (Å²) in [5, 5.41) is 6.59. The molecule has 0 aliphatic heterocycles. The van der Waals surface area contributed by atoms with E-state index in [1.54, 1.807) is 11.3 Å². The highest BCUT2D eigenvalue weighted by molar-refractivity contribution is 7.13. The summed E-state index contributed by atoms with van der Waals surface area (Å²) in [4.78, 5) is 6.58. The fraction of sp³-hybridized carbons (Fsp3) is 0.700. The van der Waals surface area contributed by atoms with E-state index in [1.165, 1.54) is 19.3 Å². The number of nitrogens with one attached hydrogen (secondary N) is 1. The summed E-state index contributed by atoms with van der Waals surface area (Å²) in [5.41, 5.74) is 0. The van der Waals surface area contributed by atoms with Gasteiger partial charge in [0.1, 0.15) is 0 Å². The van der Waals surface area contributed by atoms with Gasteiger partial charge in [0.25, 0.3) is 0 Å². The summed E-state index contributed by atoms with van der Waals surface area (Å²) >= 11 is 1.68. The van der Waals surface area contributed by atoms with Crippen LogP contribution >= 0.6 is 11.3 Å². The number of thiazole rings is 1. The molecule has 14 heavy (non-hydrogen) atoms. The molecular weight excluding hydrogens is 194 g/mol. The van der Waals surface area contributed by atoms with Gasteiger partial charge in [-0.05, 0) is 33.4 Å². The lowest BCUT2D eigenvalue weighted by Gasteiger charge is -2.26. The third-order valence-corrected chi connectivity index (χ3v) is 3.59. The number of hydrogen-bond donors (Lipinski definition) is 1. The Bertz CT molecular complexity index is 271. The predicted molar refractivity (Wildman–Crippen MR) is 60.9 cm³/mol. The maximum atomic E-state index is 4.26. The molecule has 2 rings (SSSR count). The highest BCUT2D eigenvalue weighted by atomic mass is 32.1. The van der Waals surface area contributed by atoms with E-state index in [0.717, 1.165) is 5.13 Å². The molecule has 1 aromatic rings. The smallest absolute Gasteiger partial charge is 0.182 e. The van der Waals surface area contributed by atoms with E-state index >= 15 is 0 Å². The standard InChI is InChI=1S/C10H17N3S/c1-13(2)9-5-3-4-8(9)12-10-11-6-7-14-10/h6-9H,3-5H2,1-2H3,(H,11,12)/t8-,9-/m0/s1. The third-order valence-electron chi connectivity index (χ3n) is 2.88. The zero-order chi connectivity index (χ0) is 9.97. The Balaban J connectivity index is 1.97. The predicted octanol–water partition coefficient (Wildman–Crippen LogP) is 2.04. The van der Waals surface area contributed by atoms with E-state index in [2.05, 4.69) is 29.3 Å². The first-order valence-corrected chi connectivity index (χ1v) is 5.98. The van der Waals surface area contributed by atoms with Gasteiger partial charge in [0.05, 0.1) is 0 Å². The highest BCUT2D eigenvalue weighted by Gasteiger charge is 2.28. The number of rotatable bonds is 3. The molecule has 1 heterocycles. The highest BCUT2D eigenvalue weighted by Crippen LogP contribution is 2.26. The molecule has 4 heteroatoms. The molecule has 1 saturated carbocycles. The topological polar surface area (TPSA) is 28.2 Å². The molecule has 1 fully saturated rings. The van der Waals surface area contributed by atoms with Crippen LogP contribution in [0, 0.1) is 0 Å². The minimum atomic E-state index is 0.580. The Hall–Kier alpha value is -0.610. The molecule has 3 nitrogen and oxygen atoms in total. The quantitative estimate of drug-likeness (QED) is 0.829. The summed E-state index contributed by atoms with van der Waals surface area (Å²) in [5.74, 6) is 0. The van der Waals surface area contributed by atoms with Gasteiger partial charge < -0.3 is 10.2 Å². The van der Waals surface area contributed by atoms with Crippen LogP contribution in [-0.2, 0) is 0 Å². The molecule has 0 amide bonds. The van der Waals surface area contributed by atoms with Crippen molar-refractivity contribution in [1.82, 2.24) is 9.88 Å². The first-order valence-electron chi connectivity index (χ1n) is 5.10. The Labute approximate surface area is 89.1 Å². The Morgan fingerprint density at radius 1 is 1.50 bits per heavy atom. The van der Waals surface area contributed by atoms with Crippen LogP contribution in [0.2, 0.25) is 0 Å². The van der Waals surface area contributed by atoms with Gasteiger partial charge in [-0.15, -0.1) is 11.3 Å². The second-order valence-electron chi connectivity index (χ2n) is 4.05. The van der Waals surface area contributed by atoms with E-state index in [4.69, 9.17) is 0 Å². The Kier molecular flexibility index (Phi) is 3.03. The lowest BCUT2D eigenvalue weighted by atomic mass is 10.1. The largest absolute Gasteiger partial charge is 0.357 e. The van der Waals surface area contributed by atoms with E-state index in [0.29, 0.717) is 12.1 Å². The number of hydrogen-bond acceptors (Lipinski definition) is 4. The number of likely N-dealkylation sites (N-methyl/N-ethyl adjacent to an activating group) is 1. The summed E-state index contributed by atoms with van der Waals surface area (Å²) in [7, 11) is 4.32. The summed E-state index contributed by atoms with van der Waals surface area (Å²) in [6.45, 7) is 0. The van der Waals surface area contributed by atoms with Gasteiger partial charge in [-0.25, -0.2) is 4.98 Å². The van der Waals surface area contributed by atoms with Crippen molar-refractivity contribution in [3.63, 3.8) is 0 Å². The normalized spacial score (nSPS) is 27.1. The third kappa shape index (κ3) is 2.07. The van der Waals surface area contributed by atoms with Crippen molar-refractivity contribution in [1.29, 1.82) is 0 Å². The van der Waals surface area contributed by atoms with Crippen LogP contribution in [0.15, 0.2) is 11.6 Å². The average Bonchev–Trinajstić information content (AvgIpc) is 2.75. The van der Waals surface area contributed by atoms with Crippen LogP contribution in [0.25, 0.3) is 0 Å². The number of aromatic nitrogens is 1. The van der Waals surface area contributed by atoms with Gasteiger partial charge in [-0.1, -0.05) is 0 Å². The second kappa shape index (κ2) is 4.28. The molecular formula is C10H17N3S. The molecule has 0 aromatic carbocycles. The Morgan fingerprint density at radius 3 is 3.00 bits per heavy atom. The van der Waals surface area contributed by atoms with Crippen molar-refractivity contribution in [3.8, 4) is 0 Å². The van der Waals surface area contributed by atoms with E-state index in [-0.39, 0.29) is 0 Å². The van der Waals surface area contributed by atoms with Gasteiger partial charge >= 0.3 is 0 Å². The van der Waals surface area contributed by atoms with Gasteiger partial charge in [-0.2, -0.15) is 0 Å². The van der Waals surface area contributed by atoms with Crippen molar-refractivity contribution in [2.45, 2.75) is 31.3 Å². The number of nitrogens with zero attached hydrogens (tertiary/aromatic N) is 2. The van der Waals surface area contributed by atoms with Crippen LogP contribution in [-0.4, -0.2) is 36.1 Å². The fourth-order valence-electron chi connectivity index (χ4n) is 2.18. The van der Waals surface area contributed by atoms with Crippen molar-refractivity contribution < 1.29 is 0 Å². The van der Waals surface area contributed by atoms with E-state index < -0.39 is 0 Å². The lowest BCUT2D eigenvalue weighted by Crippen LogP contribution is -2.39. The second-order valence-corrected chi connectivity index (χ2v) is 4.94. The van der Waals surface area contributed by atoms with Crippen LogP contribution in [0.3, 0.4) is 0 Å². The minimum absolute atomic E-state index is 0.580. The lowest BCUT2D eigenvalue weighted by molar-refractivity contribution is 0.285. The summed E-state index contributed by atoms with van der Waals surface area (Å²) < 4.78 is 0. The van der Waals surface area contributed by atoms with Crippen molar-refractivity contribution >= 4 is 16.5 Å². The first kappa shape index (κ1) is 9.93. The van der Waals surface area contributed by atoms with Crippen LogP contribution in [0.4, 0.5) is 5.13 Å². The van der Waals surface area contributed by atoms with Gasteiger partial charge in [-0.3, -0.25) is 0 Å². The fourth-order valence-corrected chi connectivity index (χ4v) is 2.77. The van der Waals surface area contributed by atoms with Crippen LogP contribution < -0.4 is 5.32 Å². The van der Waals surface area contributed by atoms with Crippen LogP contribution in [0.5, 0.6) is 0 Å². The molecule has 1 N–H and O–H groups in total. The van der Waals surface area contributed by atoms with Crippen molar-refractivity contribution in [3.05, 3.63) is 11.6 Å². The monoisotopic (exact) mass is 211 g/mol. The maximum Gasteiger partial charge on any atom is 0.182 e. The van der Waals surface area contributed by atoms with E-state index in [1.807, 2.05) is 11.6 Å². The van der Waals surface area contributed by atoms with Crippen LogP contribution in [0.1, 0.15) is 19.3 Å². The van der Waals surface area contributed by atoms with Crippen molar-refractivity contribution in [2.24, 2.45) is 0 Å².